The molecule has 0 bridgehead atoms. The molecule has 0 amide bonds. The highest BCUT2D eigenvalue weighted by Gasteiger charge is 2.48. The van der Waals surface area contributed by atoms with Crippen LogP contribution in [-0.4, -0.2) is 35.6 Å². The molecule has 1 aliphatic carbocycles. The summed E-state index contributed by atoms with van der Waals surface area (Å²) in [6, 6.07) is 3.94. The molecule has 3 unspecified atom stereocenters. The largest absolute Gasteiger partial charge is 0.298 e. The van der Waals surface area contributed by atoms with Crippen molar-refractivity contribution in [3.05, 3.63) is 0 Å². The van der Waals surface area contributed by atoms with Gasteiger partial charge in [0.1, 0.15) is 5.54 Å². The Kier molecular flexibility index (Phi) is 4.29. The summed E-state index contributed by atoms with van der Waals surface area (Å²) in [5.74, 6) is 0.577. The first kappa shape index (κ1) is 13.8. The van der Waals surface area contributed by atoms with Crippen molar-refractivity contribution in [3.63, 3.8) is 0 Å². The molecule has 3 nitrogen and oxygen atoms in total. The van der Waals surface area contributed by atoms with Gasteiger partial charge in [0.25, 0.3) is 0 Å². The highest BCUT2D eigenvalue weighted by Crippen LogP contribution is 2.41. The third-order valence-electron chi connectivity index (χ3n) is 4.82. The zero-order valence-electron chi connectivity index (χ0n) is 12.1. The average molecular weight is 249 g/mol. The molecule has 1 heterocycles. The summed E-state index contributed by atoms with van der Waals surface area (Å²) in [6.07, 6.45) is 6.24. The van der Waals surface area contributed by atoms with Crippen molar-refractivity contribution in [2.75, 3.05) is 13.1 Å². The lowest BCUT2D eigenvalue weighted by Gasteiger charge is -2.37. The van der Waals surface area contributed by atoms with Crippen LogP contribution in [0.25, 0.3) is 0 Å². The van der Waals surface area contributed by atoms with Crippen LogP contribution in [0.2, 0.25) is 0 Å². The molecule has 1 saturated heterocycles. The van der Waals surface area contributed by atoms with Gasteiger partial charge in [0.05, 0.1) is 6.07 Å². The maximum absolute atomic E-state index is 9.68. The van der Waals surface area contributed by atoms with Gasteiger partial charge in [-0.05, 0) is 51.5 Å². The lowest BCUT2D eigenvalue weighted by molar-refractivity contribution is 0.145. The summed E-state index contributed by atoms with van der Waals surface area (Å²) in [7, 11) is 0. The molecule has 0 aromatic carbocycles. The molecule has 1 N–H and O–H groups in total. The highest BCUT2D eigenvalue weighted by atomic mass is 15.2. The number of rotatable bonds is 6. The number of nitriles is 1. The van der Waals surface area contributed by atoms with Crippen LogP contribution in [0.4, 0.5) is 0 Å². The molecule has 0 aromatic heterocycles. The van der Waals surface area contributed by atoms with Crippen LogP contribution in [0, 0.1) is 17.2 Å². The zero-order valence-corrected chi connectivity index (χ0v) is 12.1. The third-order valence-corrected chi connectivity index (χ3v) is 4.82. The first-order valence-corrected chi connectivity index (χ1v) is 7.58. The van der Waals surface area contributed by atoms with Crippen molar-refractivity contribution in [1.29, 1.82) is 5.26 Å². The maximum Gasteiger partial charge on any atom is 0.122 e. The first-order valence-electron chi connectivity index (χ1n) is 7.58. The Balaban J connectivity index is 2.10. The number of likely N-dealkylation sites (N-methyl/N-ethyl adjacent to an activating group) is 1. The third kappa shape index (κ3) is 2.55. The molecule has 0 aromatic rings. The van der Waals surface area contributed by atoms with Crippen LogP contribution in [0.1, 0.15) is 52.9 Å². The van der Waals surface area contributed by atoms with Crippen molar-refractivity contribution in [2.24, 2.45) is 5.92 Å². The van der Waals surface area contributed by atoms with Gasteiger partial charge < -0.3 is 0 Å². The molecule has 1 saturated carbocycles. The van der Waals surface area contributed by atoms with Gasteiger partial charge in [0.2, 0.25) is 0 Å². The average Bonchev–Trinajstić information content (AvgIpc) is 3.16. The molecule has 3 heteroatoms. The molecule has 3 atom stereocenters. The standard InChI is InChI=1S/C15H27N3/c1-4-14-9-6-12(3)18(14)11-15(10-16,17-5-2)13-7-8-13/h12-14,17H,4-9,11H2,1-3H3. The van der Waals surface area contributed by atoms with Gasteiger partial charge in [-0.2, -0.15) is 5.26 Å². The summed E-state index contributed by atoms with van der Waals surface area (Å²) in [6.45, 7) is 8.51. The molecule has 2 rings (SSSR count). The normalized spacial score (nSPS) is 32.1. The number of likely N-dealkylation sites (tertiary alicyclic amines) is 1. The van der Waals surface area contributed by atoms with E-state index >= 15 is 0 Å². The minimum atomic E-state index is -0.291. The zero-order chi connectivity index (χ0) is 13.2. The highest BCUT2D eigenvalue weighted by molar-refractivity contribution is 5.17. The van der Waals surface area contributed by atoms with E-state index in [1.807, 2.05) is 0 Å². The summed E-state index contributed by atoms with van der Waals surface area (Å²) < 4.78 is 0. The second-order valence-electron chi connectivity index (χ2n) is 6.05. The van der Waals surface area contributed by atoms with E-state index in [0.717, 1.165) is 13.1 Å². The van der Waals surface area contributed by atoms with Crippen LogP contribution >= 0.6 is 0 Å². The van der Waals surface area contributed by atoms with Gasteiger partial charge in [-0.1, -0.05) is 13.8 Å². The van der Waals surface area contributed by atoms with E-state index in [2.05, 4.69) is 37.1 Å². The van der Waals surface area contributed by atoms with Crippen molar-refractivity contribution < 1.29 is 0 Å². The summed E-state index contributed by atoms with van der Waals surface area (Å²) in [4.78, 5) is 2.59. The van der Waals surface area contributed by atoms with E-state index in [1.54, 1.807) is 0 Å². The molecule has 102 valence electrons. The lowest BCUT2D eigenvalue weighted by Crippen LogP contribution is -2.56. The van der Waals surface area contributed by atoms with E-state index in [-0.39, 0.29) is 5.54 Å². The minimum Gasteiger partial charge on any atom is -0.298 e. The van der Waals surface area contributed by atoms with E-state index in [1.165, 1.54) is 32.1 Å². The Labute approximate surface area is 112 Å². The van der Waals surface area contributed by atoms with Crippen LogP contribution in [0.5, 0.6) is 0 Å². The quantitative estimate of drug-likeness (QED) is 0.786. The van der Waals surface area contributed by atoms with Crippen LogP contribution < -0.4 is 5.32 Å². The minimum absolute atomic E-state index is 0.291. The van der Waals surface area contributed by atoms with Gasteiger partial charge in [-0.3, -0.25) is 10.2 Å². The molecular formula is C15H27N3. The monoisotopic (exact) mass is 249 g/mol. The number of nitrogens with zero attached hydrogens (tertiary/aromatic N) is 2. The summed E-state index contributed by atoms with van der Waals surface area (Å²) >= 11 is 0. The Morgan fingerprint density at radius 3 is 2.50 bits per heavy atom. The predicted octanol–water partition coefficient (Wildman–Crippen LogP) is 2.53. The number of hydrogen-bond donors (Lipinski definition) is 1. The lowest BCUT2D eigenvalue weighted by atomic mass is 9.93. The molecule has 2 fully saturated rings. The fraction of sp³-hybridized carbons (Fsp3) is 0.933. The summed E-state index contributed by atoms with van der Waals surface area (Å²) in [5, 5.41) is 13.2. The molecule has 0 radical (unpaired) electrons. The van der Waals surface area contributed by atoms with E-state index in [9.17, 15) is 5.26 Å². The van der Waals surface area contributed by atoms with Gasteiger partial charge in [0.15, 0.2) is 0 Å². The van der Waals surface area contributed by atoms with Gasteiger partial charge in [-0.15, -0.1) is 0 Å². The second kappa shape index (κ2) is 5.59. The summed E-state index contributed by atoms with van der Waals surface area (Å²) in [5.41, 5.74) is -0.291. The second-order valence-corrected chi connectivity index (χ2v) is 6.05. The van der Waals surface area contributed by atoms with E-state index < -0.39 is 0 Å². The van der Waals surface area contributed by atoms with Crippen molar-refractivity contribution in [3.8, 4) is 6.07 Å². The molecule has 18 heavy (non-hydrogen) atoms. The van der Waals surface area contributed by atoms with Gasteiger partial charge in [0, 0.05) is 18.6 Å². The van der Waals surface area contributed by atoms with Crippen molar-refractivity contribution >= 4 is 0 Å². The van der Waals surface area contributed by atoms with E-state index in [4.69, 9.17) is 0 Å². The SMILES string of the molecule is CCNC(C#N)(CN1C(C)CCC1CC)C1CC1. The van der Waals surface area contributed by atoms with Gasteiger partial charge in [-0.25, -0.2) is 0 Å². The smallest absolute Gasteiger partial charge is 0.122 e. The van der Waals surface area contributed by atoms with Crippen LogP contribution in [-0.2, 0) is 0 Å². The molecule has 0 spiro atoms. The molecule has 1 aliphatic heterocycles. The van der Waals surface area contributed by atoms with Gasteiger partial charge >= 0.3 is 0 Å². The number of hydrogen-bond acceptors (Lipinski definition) is 3. The Hall–Kier alpha value is -0.590. The molecular weight excluding hydrogens is 222 g/mol. The van der Waals surface area contributed by atoms with Crippen molar-refractivity contribution in [1.82, 2.24) is 10.2 Å². The Morgan fingerprint density at radius 2 is 2.00 bits per heavy atom. The predicted molar refractivity (Wildman–Crippen MR) is 74.2 cm³/mol. The molecule has 2 aliphatic rings. The fourth-order valence-corrected chi connectivity index (χ4v) is 3.52. The van der Waals surface area contributed by atoms with Crippen LogP contribution in [0.3, 0.4) is 0 Å². The van der Waals surface area contributed by atoms with Crippen LogP contribution in [0.15, 0.2) is 0 Å². The fourth-order valence-electron chi connectivity index (χ4n) is 3.52. The number of nitrogens with one attached hydrogen (secondary N) is 1. The Morgan fingerprint density at radius 1 is 1.28 bits per heavy atom. The topological polar surface area (TPSA) is 39.1 Å². The maximum atomic E-state index is 9.68. The first-order chi connectivity index (χ1) is 8.66. The van der Waals surface area contributed by atoms with Crippen molar-refractivity contribution in [2.45, 2.75) is 70.5 Å². The Bertz CT molecular complexity index is 318. The van der Waals surface area contributed by atoms with E-state index in [0.29, 0.717) is 18.0 Å².